The second-order valence-corrected chi connectivity index (χ2v) is 14.5. The molecule has 6 rings (SSSR count). The van der Waals surface area contributed by atoms with E-state index in [1.165, 1.54) is 6.92 Å². The Labute approximate surface area is 312 Å². The number of benzene rings is 3. The predicted molar refractivity (Wildman–Crippen MR) is 202 cm³/mol. The Morgan fingerprint density at radius 2 is 1.21 bits per heavy atom. The minimum Gasteiger partial charge on any atom is -0.476 e. The molecule has 12 nitrogen and oxygen atoms in total. The standard InChI is InChI=1S/C41H54N6O6/c1-41(51,40(50)47-34-17-23-44-24-18-34)31-11-5-7-28(25-31)27-52-36(38(48)45-32-13-19-42-20-14-32)30-10-6-12-35(26-30)53-37(29-8-3-2-4-9-29)39(49)46-33-15-21-43-22-16-33/h2-12,25-26,32-34,36-37,42-44,51H,13-24,27H2,1H3,(H,45,48)(H,46,49)(H,47,50). The minimum absolute atomic E-state index is 0.00677. The first kappa shape index (κ1) is 38.4. The number of carbonyl (C=O) groups is 3. The van der Waals surface area contributed by atoms with Crippen LogP contribution in [0.25, 0.3) is 0 Å². The molecular weight excluding hydrogens is 672 g/mol. The zero-order valence-electron chi connectivity index (χ0n) is 30.6. The maximum absolute atomic E-state index is 14.0. The summed E-state index contributed by atoms with van der Waals surface area (Å²) in [6.45, 7) is 6.52. The third-order valence-corrected chi connectivity index (χ3v) is 10.4. The molecule has 0 radical (unpaired) electrons. The van der Waals surface area contributed by atoms with Gasteiger partial charge in [0, 0.05) is 23.7 Å². The maximum atomic E-state index is 14.0. The van der Waals surface area contributed by atoms with Crippen LogP contribution in [0.5, 0.6) is 5.75 Å². The number of nitrogens with one attached hydrogen (secondary N) is 6. The summed E-state index contributed by atoms with van der Waals surface area (Å²) in [6, 6.07) is 23.7. The fourth-order valence-corrected chi connectivity index (χ4v) is 7.16. The maximum Gasteiger partial charge on any atom is 0.266 e. The van der Waals surface area contributed by atoms with E-state index in [1.807, 2.05) is 42.5 Å². The molecule has 3 aromatic carbocycles. The highest BCUT2D eigenvalue weighted by atomic mass is 16.5. The quantitative estimate of drug-likeness (QED) is 0.133. The van der Waals surface area contributed by atoms with Gasteiger partial charge in [0.15, 0.2) is 11.7 Å². The highest BCUT2D eigenvalue weighted by molar-refractivity contribution is 5.86. The molecule has 3 unspecified atom stereocenters. The smallest absolute Gasteiger partial charge is 0.266 e. The van der Waals surface area contributed by atoms with Gasteiger partial charge in [-0.25, -0.2) is 0 Å². The Balaban J connectivity index is 1.20. The molecule has 3 heterocycles. The number of aliphatic hydroxyl groups is 1. The topological polar surface area (TPSA) is 162 Å². The van der Waals surface area contributed by atoms with Crippen molar-refractivity contribution in [2.24, 2.45) is 0 Å². The third-order valence-electron chi connectivity index (χ3n) is 10.4. The van der Waals surface area contributed by atoms with Crippen molar-refractivity contribution >= 4 is 17.7 Å². The van der Waals surface area contributed by atoms with E-state index in [9.17, 15) is 19.5 Å². The van der Waals surface area contributed by atoms with Gasteiger partial charge >= 0.3 is 0 Å². The SMILES string of the molecule is CC(O)(C(=O)NC1CCNCC1)c1cccc(COC(C(=O)NC2CCNCC2)c2cccc(OC(C(=O)NC3CCNCC3)c3ccccc3)c2)c1. The summed E-state index contributed by atoms with van der Waals surface area (Å²) in [6.07, 6.45) is 3.03. The van der Waals surface area contributed by atoms with Gasteiger partial charge in [-0.1, -0.05) is 66.7 Å². The van der Waals surface area contributed by atoms with Crippen molar-refractivity contribution in [3.63, 3.8) is 0 Å². The van der Waals surface area contributed by atoms with Gasteiger partial charge in [-0.3, -0.25) is 14.4 Å². The summed E-state index contributed by atoms with van der Waals surface area (Å²) in [7, 11) is 0. The summed E-state index contributed by atoms with van der Waals surface area (Å²) < 4.78 is 12.8. The van der Waals surface area contributed by atoms with Crippen LogP contribution in [0.2, 0.25) is 0 Å². The second-order valence-electron chi connectivity index (χ2n) is 14.5. The van der Waals surface area contributed by atoms with Crippen molar-refractivity contribution in [2.45, 2.75) is 88.0 Å². The average Bonchev–Trinajstić information content (AvgIpc) is 3.19. The van der Waals surface area contributed by atoms with Crippen molar-refractivity contribution in [3.8, 4) is 5.75 Å². The normalized spacial score (nSPS) is 19.7. The van der Waals surface area contributed by atoms with Gasteiger partial charge in [0.2, 0.25) is 6.10 Å². The van der Waals surface area contributed by atoms with Gasteiger partial charge in [0.05, 0.1) is 6.61 Å². The van der Waals surface area contributed by atoms with E-state index in [0.29, 0.717) is 22.4 Å². The van der Waals surface area contributed by atoms with E-state index in [1.54, 1.807) is 36.4 Å². The van der Waals surface area contributed by atoms with Crippen molar-refractivity contribution in [3.05, 3.63) is 101 Å². The summed E-state index contributed by atoms with van der Waals surface area (Å²) in [4.78, 5) is 40.8. The van der Waals surface area contributed by atoms with Gasteiger partial charge in [0.1, 0.15) is 5.75 Å². The molecule has 3 aliphatic rings. The van der Waals surface area contributed by atoms with E-state index in [0.717, 1.165) is 83.4 Å². The number of carbonyl (C=O) groups excluding carboxylic acids is 3. The Bertz CT molecular complexity index is 1650. The fraction of sp³-hybridized carbons (Fsp3) is 0.488. The van der Waals surface area contributed by atoms with E-state index in [2.05, 4.69) is 31.9 Å². The van der Waals surface area contributed by atoms with E-state index in [-0.39, 0.29) is 36.5 Å². The summed E-state index contributed by atoms with van der Waals surface area (Å²) >= 11 is 0. The van der Waals surface area contributed by atoms with Crippen LogP contribution in [0.15, 0.2) is 78.9 Å². The van der Waals surface area contributed by atoms with Gasteiger partial charge in [-0.05, 0) is 114 Å². The van der Waals surface area contributed by atoms with Crippen LogP contribution in [0.1, 0.15) is 79.9 Å². The van der Waals surface area contributed by atoms with E-state index < -0.39 is 23.7 Å². The molecule has 3 aliphatic heterocycles. The summed E-state index contributed by atoms with van der Waals surface area (Å²) in [5, 5.41) is 30.7. The summed E-state index contributed by atoms with van der Waals surface area (Å²) in [5.41, 5.74) is 0.674. The van der Waals surface area contributed by atoms with Gasteiger partial charge in [-0.15, -0.1) is 0 Å². The molecule has 53 heavy (non-hydrogen) atoms. The first-order chi connectivity index (χ1) is 25.8. The number of rotatable bonds is 14. The average molecular weight is 727 g/mol. The van der Waals surface area contributed by atoms with Crippen molar-refractivity contribution in [1.82, 2.24) is 31.9 Å². The molecule has 284 valence electrons. The van der Waals surface area contributed by atoms with Crippen molar-refractivity contribution in [2.75, 3.05) is 39.3 Å². The molecular formula is C41H54N6O6. The number of amides is 3. The van der Waals surface area contributed by atoms with Crippen LogP contribution < -0.4 is 36.6 Å². The molecule has 0 spiro atoms. The number of piperidine rings is 3. The van der Waals surface area contributed by atoms with Gasteiger partial charge in [-0.2, -0.15) is 0 Å². The van der Waals surface area contributed by atoms with Crippen LogP contribution in [-0.4, -0.2) is 80.2 Å². The molecule has 3 saturated heterocycles. The predicted octanol–water partition coefficient (Wildman–Crippen LogP) is 2.88. The van der Waals surface area contributed by atoms with E-state index >= 15 is 0 Å². The number of hydrogen-bond acceptors (Lipinski definition) is 9. The van der Waals surface area contributed by atoms with Crippen molar-refractivity contribution in [1.29, 1.82) is 0 Å². The van der Waals surface area contributed by atoms with Crippen LogP contribution >= 0.6 is 0 Å². The second kappa shape index (κ2) is 18.6. The van der Waals surface area contributed by atoms with Crippen LogP contribution in [-0.2, 0) is 31.3 Å². The Kier molecular flexibility index (Phi) is 13.5. The molecule has 0 aliphatic carbocycles. The molecule has 3 amide bonds. The zero-order chi connectivity index (χ0) is 37.0. The number of ether oxygens (including phenoxy) is 2. The molecule has 3 aromatic rings. The number of hydrogen-bond donors (Lipinski definition) is 7. The highest BCUT2D eigenvalue weighted by Gasteiger charge is 2.35. The molecule has 3 atom stereocenters. The van der Waals surface area contributed by atoms with Crippen LogP contribution in [0.3, 0.4) is 0 Å². The first-order valence-corrected chi connectivity index (χ1v) is 19.0. The minimum atomic E-state index is -1.76. The van der Waals surface area contributed by atoms with Gasteiger partial charge in [0.25, 0.3) is 17.7 Å². The largest absolute Gasteiger partial charge is 0.476 e. The van der Waals surface area contributed by atoms with Gasteiger partial charge < -0.3 is 46.5 Å². The fourth-order valence-electron chi connectivity index (χ4n) is 7.16. The van der Waals surface area contributed by atoms with Crippen molar-refractivity contribution < 1.29 is 29.0 Å². The third kappa shape index (κ3) is 10.6. The van der Waals surface area contributed by atoms with Crippen LogP contribution in [0.4, 0.5) is 0 Å². The lowest BCUT2D eigenvalue weighted by molar-refractivity contribution is -0.140. The molecule has 3 fully saturated rings. The lowest BCUT2D eigenvalue weighted by atomic mass is 9.92. The zero-order valence-corrected chi connectivity index (χ0v) is 30.6. The van der Waals surface area contributed by atoms with Crippen LogP contribution in [0, 0.1) is 0 Å². The lowest BCUT2D eigenvalue weighted by Crippen LogP contribution is -2.49. The molecule has 12 heteroatoms. The molecule has 0 saturated carbocycles. The van der Waals surface area contributed by atoms with E-state index in [4.69, 9.17) is 9.47 Å². The first-order valence-electron chi connectivity index (χ1n) is 19.0. The Hall–Kier alpha value is -4.33. The molecule has 7 N–H and O–H groups in total. The molecule has 0 bridgehead atoms. The highest BCUT2D eigenvalue weighted by Crippen LogP contribution is 2.29. The monoisotopic (exact) mass is 726 g/mol. The Morgan fingerprint density at radius 3 is 1.81 bits per heavy atom. The molecule has 0 aromatic heterocycles. The Morgan fingerprint density at radius 1 is 0.679 bits per heavy atom. The summed E-state index contributed by atoms with van der Waals surface area (Å²) in [5.74, 6) is -0.512. The lowest BCUT2D eigenvalue weighted by Gasteiger charge is -2.29.